The van der Waals surface area contributed by atoms with Gasteiger partial charge in [0.2, 0.25) is 11.8 Å². The third-order valence-electron chi connectivity index (χ3n) is 4.51. The summed E-state index contributed by atoms with van der Waals surface area (Å²) < 4.78 is 1.41. The van der Waals surface area contributed by atoms with Crippen molar-refractivity contribution in [3.63, 3.8) is 0 Å². The summed E-state index contributed by atoms with van der Waals surface area (Å²) in [7, 11) is 1.73. The number of hydrogen-bond acceptors (Lipinski definition) is 8. The molecule has 1 aromatic heterocycles. The Labute approximate surface area is 172 Å². The second kappa shape index (κ2) is 10.9. The number of hydrogen-bond donors (Lipinski definition) is 1. The zero-order chi connectivity index (χ0) is 19.7. The van der Waals surface area contributed by atoms with Gasteiger partial charge in [-0.1, -0.05) is 61.0 Å². The van der Waals surface area contributed by atoms with Crippen LogP contribution in [0.3, 0.4) is 0 Å². The van der Waals surface area contributed by atoms with Crippen LogP contribution >= 0.6 is 34.9 Å². The summed E-state index contributed by atoms with van der Waals surface area (Å²) >= 11 is 4.06. The van der Waals surface area contributed by atoms with Crippen LogP contribution in [0, 0.1) is 11.3 Å². The van der Waals surface area contributed by atoms with Gasteiger partial charge in [0.25, 0.3) is 0 Å². The van der Waals surface area contributed by atoms with Gasteiger partial charge in [0.05, 0.1) is 17.6 Å². The van der Waals surface area contributed by atoms with Gasteiger partial charge in [0.15, 0.2) is 8.68 Å². The first-order chi connectivity index (χ1) is 13.0. The molecule has 1 N–H and O–H groups in total. The number of carbonyl (C=O) groups excluding carboxylic acids is 2. The number of nitriles is 1. The first kappa shape index (κ1) is 22.0. The van der Waals surface area contributed by atoms with Crippen molar-refractivity contribution in [1.29, 1.82) is 5.26 Å². The molecule has 1 aliphatic rings. The molecular weight excluding hydrogens is 402 g/mol. The molecule has 0 aromatic carbocycles. The van der Waals surface area contributed by atoms with E-state index in [2.05, 4.69) is 21.6 Å². The summed E-state index contributed by atoms with van der Waals surface area (Å²) in [5.41, 5.74) is -0.663. The monoisotopic (exact) mass is 427 g/mol. The zero-order valence-corrected chi connectivity index (χ0v) is 18.1. The van der Waals surface area contributed by atoms with E-state index in [0.29, 0.717) is 21.0 Å². The Balaban J connectivity index is 1.81. The highest BCUT2D eigenvalue weighted by Crippen LogP contribution is 2.34. The lowest BCUT2D eigenvalue weighted by molar-refractivity contribution is -0.131. The summed E-state index contributed by atoms with van der Waals surface area (Å²) in [5.74, 6) is 0.464. The van der Waals surface area contributed by atoms with E-state index in [1.165, 1.54) is 34.9 Å². The summed E-state index contributed by atoms with van der Waals surface area (Å²) in [4.78, 5) is 25.8. The Kier molecular flexibility index (Phi) is 8.86. The van der Waals surface area contributed by atoms with Crippen LogP contribution in [0.15, 0.2) is 8.68 Å². The standard InChI is InChI=1S/C17H25N5O2S3/c1-3-9-19-13(23)10-25-15-20-21-16(27-15)26-11-14(24)22(2)17(12-18)7-5-4-6-8-17/h3-11H2,1-2H3,(H,19,23). The quantitative estimate of drug-likeness (QED) is 0.605. The molecule has 27 heavy (non-hydrogen) atoms. The summed E-state index contributed by atoms with van der Waals surface area (Å²) in [6.45, 7) is 2.68. The van der Waals surface area contributed by atoms with Gasteiger partial charge in [0.1, 0.15) is 5.54 Å². The van der Waals surface area contributed by atoms with Gasteiger partial charge in [-0.25, -0.2) is 0 Å². The molecule has 148 valence electrons. The van der Waals surface area contributed by atoms with Gasteiger partial charge < -0.3 is 10.2 Å². The number of nitrogens with zero attached hydrogens (tertiary/aromatic N) is 4. The van der Waals surface area contributed by atoms with Gasteiger partial charge in [-0.2, -0.15) is 5.26 Å². The van der Waals surface area contributed by atoms with Crippen LogP contribution < -0.4 is 5.32 Å². The van der Waals surface area contributed by atoms with Crippen molar-refractivity contribution in [2.75, 3.05) is 25.1 Å². The maximum absolute atomic E-state index is 12.6. The molecule has 10 heteroatoms. The maximum atomic E-state index is 12.6. The van der Waals surface area contributed by atoms with E-state index >= 15 is 0 Å². The van der Waals surface area contributed by atoms with Crippen LogP contribution in [0.5, 0.6) is 0 Å². The van der Waals surface area contributed by atoms with E-state index in [-0.39, 0.29) is 17.6 Å². The van der Waals surface area contributed by atoms with E-state index in [1.54, 1.807) is 11.9 Å². The predicted molar refractivity (Wildman–Crippen MR) is 109 cm³/mol. The number of carbonyl (C=O) groups is 2. The Morgan fingerprint density at radius 2 is 1.85 bits per heavy atom. The Morgan fingerprint density at radius 3 is 2.44 bits per heavy atom. The highest BCUT2D eigenvalue weighted by atomic mass is 32.2. The summed E-state index contributed by atoms with van der Waals surface area (Å²) in [6, 6.07) is 2.37. The molecule has 0 radical (unpaired) electrons. The van der Waals surface area contributed by atoms with Crippen molar-refractivity contribution in [2.45, 2.75) is 59.7 Å². The van der Waals surface area contributed by atoms with E-state index in [4.69, 9.17) is 0 Å². The molecular formula is C17H25N5O2S3. The third-order valence-corrected chi connectivity index (χ3v) is 7.69. The normalized spacial score (nSPS) is 15.7. The molecule has 0 spiro atoms. The van der Waals surface area contributed by atoms with Crippen molar-refractivity contribution in [2.24, 2.45) is 0 Å². The van der Waals surface area contributed by atoms with Crippen LogP contribution in [0.2, 0.25) is 0 Å². The lowest BCUT2D eigenvalue weighted by atomic mass is 9.81. The number of rotatable bonds is 9. The number of nitrogens with one attached hydrogen (secondary N) is 1. The van der Waals surface area contributed by atoms with Crippen LogP contribution in [-0.4, -0.2) is 57.5 Å². The van der Waals surface area contributed by atoms with Crippen LogP contribution in [0.25, 0.3) is 0 Å². The lowest BCUT2D eigenvalue weighted by Gasteiger charge is -2.38. The Morgan fingerprint density at radius 1 is 1.22 bits per heavy atom. The highest BCUT2D eigenvalue weighted by Gasteiger charge is 2.38. The van der Waals surface area contributed by atoms with E-state index in [9.17, 15) is 14.9 Å². The first-order valence-electron chi connectivity index (χ1n) is 9.04. The Hall–Kier alpha value is -1.31. The van der Waals surface area contributed by atoms with Crippen LogP contribution in [0.1, 0.15) is 45.4 Å². The molecule has 1 fully saturated rings. The fourth-order valence-corrected chi connectivity index (χ4v) is 5.64. The maximum Gasteiger partial charge on any atom is 0.234 e. The van der Waals surface area contributed by atoms with Gasteiger partial charge >= 0.3 is 0 Å². The van der Waals surface area contributed by atoms with Crippen molar-refractivity contribution in [3.8, 4) is 6.07 Å². The molecule has 0 bridgehead atoms. The molecule has 0 saturated heterocycles. The van der Waals surface area contributed by atoms with Crippen molar-refractivity contribution >= 4 is 46.7 Å². The van der Waals surface area contributed by atoms with Gasteiger partial charge in [-0.15, -0.1) is 10.2 Å². The van der Waals surface area contributed by atoms with Crippen LogP contribution in [0.4, 0.5) is 0 Å². The average Bonchev–Trinajstić information content (AvgIpc) is 3.16. The zero-order valence-electron chi connectivity index (χ0n) is 15.7. The minimum Gasteiger partial charge on any atom is -0.355 e. The second-order valence-corrected chi connectivity index (χ2v) is 9.84. The number of thioether (sulfide) groups is 2. The van der Waals surface area contributed by atoms with Gasteiger partial charge in [0, 0.05) is 13.6 Å². The molecule has 1 heterocycles. The van der Waals surface area contributed by atoms with Crippen molar-refractivity contribution in [1.82, 2.24) is 20.4 Å². The minimum atomic E-state index is -0.663. The fraction of sp³-hybridized carbons (Fsp3) is 0.706. The largest absolute Gasteiger partial charge is 0.355 e. The first-order valence-corrected chi connectivity index (χ1v) is 11.8. The van der Waals surface area contributed by atoms with Crippen LogP contribution in [-0.2, 0) is 9.59 Å². The average molecular weight is 428 g/mol. The summed E-state index contributed by atoms with van der Waals surface area (Å²) in [6.07, 6.45) is 5.50. The van der Waals surface area contributed by atoms with E-state index in [1.807, 2.05) is 6.92 Å². The molecule has 0 atom stereocenters. The fourth-order valence-electron chi connectivity index (χ4n) is 2.87. The van der Waals surface area contributed by atoms with Crippen molar-refractivity contribution < 1.29 is 9.59 Å². The topological polar surface area (TPSA) is 99.0 Å². The minimum absolute atomic E-state index is 0.0164. The van der Waals surface area contributed by atoms with E-state index < -0.39 is 5.54 Å². The third kappa shape index (κ3) is 6.36. The SMILES string of the molecule is CCCNC(=O)CSc1nnc(SCC(=O)N(C)C2(C#N)CCCCC2)s1. The smallest absolute Gasteiger partial charge is 0.234 e. The molecule has 1 aliphatic carbocycles. The molecule has 2 rings (SSSR count). The Bertz CT molecular complexity index is 682. The highest BCUT2D eigenvalue weighted by molar-refractivity contribution is 8.03. The lowest BCUT2D eigenvalue weighted by Crippen LogP contribution is -2.50. The molecule has 2 amide bonds. The molecule has 0 unspecified atom stereocenters. The molecule has 1 saturated carbocycles. The van der Waals surface area contributed by atoms with Crippen molar-refractivity contribution in [3.05, 3.63) is 0 Å². The summed E-state index contributed by atoms with van der Waals surface area (Å²) in [5, 5.41) is 20.6. The number of aromatic nitrogens is 2. The molecule has 1 aromatic rings. The molecule has 7 nitrogen and oxygen atoms in total. The predicted octanol–water partition coefficient (Wildman–Crippen LogP) is 2.93. The van der Waals surface area contributed by atoms with Gasteiger partial charge in [-0.3, -0.25) is 9.59 Å². The number of amides is 2. The second-order valence-electron chi connectivity index (χ2n) is 6.42. The van der Waals surface area contributed by atoms with E-state index in [0.717, 1.165) is 38.5 Å². The van der Waals surface area contributed by atoms with Gasteiger partial charge in [-0.05, 0) is 19.3 Å². The molecule has 0 aliphatic heterocycles.